The summed E-state index contributed by atoms with van der Waals surface area (Å²) in [4.78, 5) is 6.46. The van der Waals surface area contributed by atoms with Crippen molar-refractivity contribution in [3.63, 3.8) is 0 Å². The second-order valence-electron chi connectivity index (χ2n) is 6.39. The Hall–Kier alpha value is -2.23. The van der Waals surface area contributed by atoms with Crippen molar-refractivity contribution in [2.45, 2.75) is 25.5 Å². The van der Waals surface area contributed by atoms with Crippen LogP contribution in [0, 0.1) is 23.1 Å². The highest BCUT2D eigenvalue weighted by atomic mass is 19.1. The maximum Gasteiger partial charge on any atom is 0.137 e. The SMILES string of the molecule is Cn1ccnc1[C@@H](O)[C@@H]1CCCN(Cc2ccc(F)cc2C#N)C1. The molecule has 126 valence electrons. The second-order valence-corrected chi connectivity index (χ2v) is 6.39. The highest BCUT2D eigenvalue weighted by molar-refractivity contribution is 5.37. The molecule has 24 heavy (non-hydrogen) atoms. The fraction of sp³-hybridized carbons (Fsp3) is 0.444. The predicted molar refractivity (Wildman–Crippen MR) is 87.3 cm³/mol. The number of aromatic nitrogens is 2. The molecular weight excluding hydrogens is 307 g/mol. The van der Waals surface area contributed by atoms with Gasteiger partial charge in [-0.3, -0.25) is 4.90 Å². The summed E-state index contributed by atoms with van der Waals surface area (Å²) in [6.07, 6.45) is 4.85. The van der Waals surface area contributed by atoms with Crippen molar-refractivity contribution in [3.8, 4) is 6.07 Å². The van der Waals surface area contributed by atoms with E-state index in [2.05, 4.69) is 16.0 Å². The number of halogens is 1. The number of likely N-dealkylation sites (tertiary alicyclic amines) is 1. The summed E-state index contributed by atoms with van der Waals surface area (Å²) in [5, 5.41) is 19.8. The molecule has 6 heteroatoms. The van der Waals surface area contributed by atoms with Gasteiger partial charge in [0.1, 0.15) is 17.7 Å². The minimum absolute atomic E-state index is 0.103. The van der Waals surface area contributed by atoms with Crippen molar-refractivity contribution in [2.24, 2.45) is 13.0 Å². The Balaban J connectivity index is 1.70. The van der Waals surface area contributed by atoms with Crippen LogP contribution in [0.15, 0.2) is 30.6 Å². The number of nitrogens with zero attached hydrogens (tertiary/aromatic N) is 4. The topological polar surface area (TPSA) is 65.1 Å². The van der Waals surface area contributed by atoms with Gasteiger partial charge in [-0.2, -0.15) is 5.26 Å². The van der Waals surface area contributed by atoms with Gasteiger partial charge in [-0.05, 0) is 37.1 Å². The largest absolute Gasteiger partial charge is 0.385 e. The van der Waals surface area contributed by atoms with Crippen molar-refractivity contribution >= 4 is 0 Å². The van der Waals surface area contributed by atoms with Crippen molar-refractivity contribution in [1.29, 1.82) is 5.26 Å². The molecule has 1 aromatic carbocycles. The van der Waals surface area contributed by atoms with Crippen LogP contribution in [-0.4, -0.2) is 32.6 Å². The third-order valence-corrected chi connectivity index (χ3v) is 4.70. The van der Waals surface area contributed by atoms with E-state index >= 15 is 0 Å². The van der Waals surface area contributed by atoms with Crippen molar-refractivity contribution < 1.29 is 9.50 Å². The Labute approximate surface area is 141 Å². The zero-order chi connectivity index (χ0) is 17.1. The zero-order valence-electron chi connectivity index (χ0n) is 13.7. The molecule has 1 saturated heterocycles. The Morgan fingerprint density at radius 1 is 1.50 bits per heavy atom. The fourth-order valence-corrected chi connectivity index (χ4v) is 3.40. The van der Waals surface area contributed by atoms with Crippen LogP contribution < -0.4 is 0 Å². The number of aliphatic hydroxyl groups is 1. The average molecular weight is 328 g/mol. The summed E-state index contributed by atoms with van der Waals surface area (Å²) >= 11 is 0. The van der Waals surface area contributed by atoms with E-state index < -0.39 is 11.9 Å². The molecule has 5 nitrogen and oxygen atoms in total. The molecule has 0 radical (unpaired) electrons. The van der Waals surface area contributed by atoms with E-state index in [9.17, 15) is 14.8 Å². The van der Waals surface area contributed by atoms with Crippen molar-refractivity contribution in [3.05, 3.63) is 53.4 Å². The minimum atomic E-state index is -0.601. The number of nitriles is 1. The van der Waals surface area contributed by atoms with Crippen LogP contribution >= 0.6 is 0 Å². The van der Waals surface area contributed by atoms with Crippen LogP contribution in [0.25, 0.3) is 0 Å². The highest BCUT2D eigenvalue weighted by Gasteiger charge is 2.29. The molecule has 1 aliphatic rings. The van der Waals surface area contributed by atoms with E-state index in [0.29, 0.717) is 17.9 Å². The normalized spacial score (nSPS) is 19.8. The Morgan fingerprint density at radius 2 is 2.33 bits per heavy atom. The lowest BCUT2D eigenvalue weighted by Crippen LogP contribution is -2.38. The molecule has 1 N–H and O–H groups in total. The van der Waals surface area contributed by atoms with E-state index in [1.165, 1.54) is 12.1 Å². The molecule has 2 heterocycles. The van der Waals surface area contributed by atoms with Crippen LogP contribution in [0.4, 0.5) is 4.39 Å². The van der Waals surface area contributed by atoms with Gasteiger partial charge in [0.2, 0.25) is 0 Å². The van der Waals surface area contributed by atoms with Gasteiger partial charge in [0.15, 0.2) is 0 Å². The molecule has 3 rings (SSSR count). The third kappa shape index (κ3) is 3.48. The monoisotopic (exact) mass is 328 g/mol. The lowest BCUT2D eigenvalue weighted by atomic mass is 9.91. The first kappa shape index (κ1) is 16.6. The lowest BCUT2D eigenvalue weighted by Gasteiger charge is -2.35. The molecule has 0 unspecified atom stereocenters. The van der Waals surface area contributed by atoms with Gasteiger partial charge in [0.05, 0.1) is 11.6 Å². The lowest BCUT2D eigenvalue weighted by molar-refractivity contribution is 0.0404. The molecule has 2 aromatic rings. The number of hydrogen-bond donors (Lipinski definition) is 1. The maximum atomic E-state index is 13.3. The van der Waals surface area contributed by atoms with Crippen LogP contribution in [0.3, 0.4) is 0 Å². The molecule has 1 aromatic heterocycles. The molecule has 0 saturated carbocycles. The fourth-order valence-electron chi connectivity index (χ4n) is 3.40. The average Bonchev–Trinajstić information content (AvgIpc) is 3.02. The molecule has 1 aliphatic heterocycles. The van der Waals surface area contributed by atoms with Gasteiger partial charge in [-0.25, -0.2) is 9.37 Å². The standard InChI is InChI=1S/C18H21FN4O/c1-22-8-6-21-18(22)17(24)14-3-2-7-23(12-14)11-13-4-5-16(19)9-15(13)10-20/h4-6,8-9,14,17,24H,2-3,7,11-12H2,1H3/t14-,17+/m1/s1. The zero-order valence-corrected chi connectivity index (χ0v) is 13.7. The first-order chi connectivity index (χ1) is 11.6. The molecule has 0 aliphatic carbocycles. The summed E-state index contributed by atoms with van der Waals surface area (Å²) < 4.78 is 15.1. The van der Waals surface area contributed by atoms with Crippen LogP contribution in [0.2, 0.25) is 0 Å². The van der Waals surface area contributed by atoms with Gasteiger partial charge >= 0.3 is 0 Å². The van der Waals surface area contributed by atoms with Gasteiger partial charge in [0, 0.05) is 38.4 Å². The quantitative estimate of drug-likeness (QED) is 0.936. The number of aryl methyl sites for hydroxylation is 1. The molecule has 0 amide bonds. The highest BCUT2D eigenvalue weighted by Crippen LogP contribution is 2.29. The van der Waals surface area contributed by atoms with E-state index in [1.807, 2.05) is 17.8 Å². The Kier molecular flexibility index (Phi) is 4.93. The first-order valence-corrected chi connectivity index (χ1v) is 8.14. The number of aliphatic hydroxyl groups excluding tert-OH is 1. The van der Waals surface area contributed by atoms with E-state index in [1.54, 1.807) is 12.3 Å². The van der Waals surface area contributed by atoms with Gasteiger partial charge in [-0.15, -0.1) is 0 Å². The van der Waals surface area contributed by atoms with E-state index in [0.717, 1.165) is 31.5 Å². The Morgan fingerprint density at radius 3 is 3.04 bits per heavy atom. The molecule has 0 bridgehead atoms. The number of benzene rings is 1. The third-order valence-electron chi connectivity index (χ3n) is 4.70. The summed E-state index contributed by atoms with van der Waals surface area (Å²) in [6.45, 7) is 2.23. The number of hydrogen-bond acceptors (Lipinski definition) is 4. The number of rotatable bonds is 4. The smallest absolute Gasteiger partial charge is 0.137 e. The minimum Gasteiger partial charge on any atom is -0.385 e. The van der Waals surface area contributed by atoms with Crippen LogP contribution in [-0.2, 0) is 13.6 Å². The van der Waals surface area contributed by atoms with E-state index in [4.69, 9.17) is 0 Å². The Bertz CT molecular complexity index is 752. The molecule has 1 fully saturated rings. The van der Waals surface area contributed by atoms with Gasteiger partial charge in [-0.1, -0.05) is 6.07 Å². The van der Waals surface area contributed by atoms with Gasteiger partial charge < -0.3 is 9.67 Å². The first-order valence-electron chi connectivity index (χ1n) is 8.14. The molecule has 0 spiro atoms. The summed E-state index contributed by atoms with van der Waals surface area (Å²) in [5.74, 6) is 0.393. The summed E-state index contributed by atoms with van der Waals surface area (Å²) in [5.41, 5.74) is 1.20. The van der Waals surface area contributed by atoms with E-state index in [-0.39, 0.29) is 5.92 Å². The number of imidazole rings is 1. The second kappa shape index (κ2) is 7.12. The predicted octanol–water partition coefficient (Wildman–Crippen LogP) is 2.38. The van der Waals surface area contributed by atoms with Gasteiger partial charge in [0.25, 0.3) is 0 Å². The van der Waals surface area contributed by atoms with Crippen LogP contribution in [0.1, 0.15) is 35.9 Å². The van der Waals surface area contributed by atoms with Crippen molar-refractivity contribution in [2.75, 3.05) is 13.1 Å². The summed E-state index contributed by atoms with van der Waals surface area (Å²) in [7, 11) is 1.88. The molecular formula is C18H21FN4O. The van der Waals surface area contributed by atoms with Crippen molar-refractivity contribution in [1.82, 2.24) is 14.5 Å². The summed E-state index contributed by atoms with van der Waals surface area (Å²) in [6, 6.07) is 6.40. The number of piperidine rings is 1. The molecule has 2 atom stereocenters. The van der Waals surface area contributed by atoms with Crippen LogP contribution in [0.5, 0.6) is 0 Å². The maximum absolute atomic E-state index is 13.3.